The molecule has 0 aromatic heterocycles. The topological polar surface area (TPSA) is 35.6 Å². The van der Waals surface area contributed by atoms with Crippen LogP contribution in [0.5, 0.6) is 0 Å². The summed E-state index contributed by atoms with van der Waals surface area (Å²) in [6, 6.07) is 2.26. The molecule has 3 heterocycles. The first-order valence-corrected chi connectivity index (χ1v) is 10.5. The second-order valence-corrected chi connectivity index (χ2v) is 9.34. The first kappa shape index (κ1) is 15.6. The molecule has 4 bridgehead atoms. The Morgan fingerprint density at radius 2 is 1.62 bits per heavy atom. The van der Waals surface area contributed by atoms with Crippen LogP contribution < -0.4 is 5.32 Å². The van der Waals surface area contributed by atoms with Crippen molar-refractivity contribution in [3.63, 3.8) is 0 Å². The highest BCUT2D eigenvalue weighted by Gasteiger charge is 2.43. The van der Waals surface area contributed by atoms with E-state index in [1.54, 1.807) is 0 Å². The number of carbonyl (C=O) groups excluding carboxylic acids is 1. The molecule has 5 unspecified atom stereocenters. The quantitative estimate of drug-likeness (QED) is 0.861. The first-order valence-electron chi connectivity index (χ1n) is 10.5. The number of nitrogens with zero attached hydrogens (tertiary/aromatic N) is 2. The van der Waals surface area contributed by atoms with E-state index in [4.69, 9.17) is 0 Å². The van der Waals surface area contributed by atoms with E-state index >= 15 is 0 Å². The van der Waals surface area contributed by atoms with Crippen LogP contribution in [0.25, 0.3) is 0 Å². The van der Waals surface area contributed by atoms with Crippen LogP contribution in [0.4, 0.5) is 0 Å². The first-order chi connectivity index (χ1) is 11.7. The molecule has 134 valence electrons. The van der Waals surface area contributed by atoms with Crippen LogP contribution in [-0.2, 0) is 4.79 Å². The van der Waals surface area contributed by atoms with Gasteiger partial charge in [0.25, 0.3) is 0 Å². The summed E-state index contributed by atoms with van der Waals surface area (Å²) in [6.45, 7) is 4.20. The summed E-state index contributed by atoms with van der Waals surface area (Å²) in [7, 11) is 0. The van der Waals surface area contributed by atoms with Crippen LogP contribution in [0, 0.1) is 17.8 Å². The average Bonchev–Trinajstić information content (AvgIpc) is 3.31. The lowest BCUT2D eigenvalue weighted by Gasteiger charge is -2.41. The zero-order chi connectivity index (χ0) is 16.1. The summed E-state index contributed by atoms with van der Waals surface area (Å²) >= 11 is 0. The monoisotopic (exact) mass is 331 g/mol. The Bertz CT molecular complexity index is 475. The van der Waals surface area contributed by atoms with Crippen molar-refractivity contribution >= 4 is 5.91 Å². The van der Waals surface area contributed by atoms with Crippen LogP contribution in [0.15, 0.2) is 0 Å². The van der Waals surface area contributed by atoms with Gasteiger partial charge in [-0.2, -0.15) is 0 Å². The van der Waals surface area contributed by atoms with E-state index in [2.05, 4.69) is 15.1 Å². The highest BCUT2D eigenvalue weighted by atomic mass is 16.2. The van der Waals surface area contributed by atoms with E-state index in [1.807, 2.05) is 0 Å². The predicted octanol–water partition coefficient (Wildman–Crippen LogP) is 2.24. The normalized spacial score (nSPS) is 45.1. The van der Waals surface area contributed by atoms with Crippen LogP contribution in [0.1, 0.15) is 57.8 Å². The third-order valence-corrected chi connectivity index (χ3v) is 7.87. The number of piperidine rings is 1. The van der Waals surface area contributed by atoms with Crippen LogP contribution in [-0.4, -0.2) is 60.0 Å². The van der Waals surface area contributed by atoms with Gasteiger partial charge < -0.3 is 10.2 Å². The van der Waals surface area contributed by atoms with Crippen LogP contribution in [0.2, 0.25) is 0 Å². The van der Waals surface area contributed by atoms with Gasteiger partial charge in [0.1, 0.15) is 0 Å². The molecule has 5 rings (SSSR count). The molecule has 0 radical (unpaired) electrons. The minimum atomic E-state index is 0.439. The minimum Gasteiger partial charge on any atom is -0.340 e. The Morgan fingerprint density at radius 3 is 2.25 bits per heavy atom. The van der Waals surface area contributed by atoms with Crippen molar-refractivity contribution < 1.29 is 4.79 Å². The van der Waals surface area contributed by atoms with Gasteiger partial charge >= 0.3 is 0 Å². The molecule has 0 aromatic rings. The molecule has 0 aromatic carbocycles. The molecule has 2 saturated carbocycles. The van der Waals surface area contributed by atoms with Gasteiger partial charge in [0.05, 0.1) is 0 Å². The maximum atomic E-state index is 12.7. The lowest BCUT2D eigenvalue weighted by atomic mass is 9.89. The summed E-state index contributed by atoms with van der Waals surface area (Å²) in [4.78, 5) is 17.6. The smallest absolute Gasteiger partial charge is 0.222 e. The molecule has 24 heavy (non-hydrogen) atoms. The van der Waals surface area contributed by atoms with Crippen molar-refractivity contribution in [3.05, 3.63) is 0 Å². The second kappa shape index (κ2) is 6.28. The summed E-state index contributed by atoms with van der Waals surface area (Å²) in [5.74, 6) is 3.08. The number of hydrogen-bond acceptors (Lipinski definition) is 3. The third-order valence-electron chi connectivity index (χ3n) is 7.87. The van der Waals surface area contributed by atoms with Gasteiger partial charge in [0.2, 0.25) is 5.91 Å². The number of fused-ring (bicyclic) bond motifs is 4. The van der Waals surface area contributed by atoms with Gasteiger partial charge in [-0.3, -0.25) is 9.69 Å². The summed E-state index contributed by atoms with van der Waals surface area (Å²) in [5.41, 5.74) is 0. The molecule has 3 aliphatic heterocycles. The van der Waals surface area contributed by atoms with Gasteiger partial charge in [-0.25, -0.2) is 0 Å². The van der Waals surface area contributed by atoms with Crippen molar-refractivity contribution in [2.45, 2.75) is 75.9 Å². The summed E-state index contributed by atoms with van der Waals surface area (Å²) < 4.78 is 0. The molecule has 5 aliphatic rings. The number of carbonyl (C=O) groups is 1. The molecule has 3 saturated heterocycles. The predicted molar refractivity (Wildman–Crippen MR) is 94.7 cm³/mol. The van der Waals surface area contributed by atoms with Gasteiger partial charge in [0.15, 0.2) is 0 Å². The van der Waals surface area contributed by atoms with Crippen LogP contribution >= 0.6 is 0 Å². The molecule has 0 spiro atoms. The average molecular weight is 332 g/mol. The van der Waals surface area contributed by atoms with Gasteiger partial charge in [-0.1, -0.05) is 6.42 Å². The largest absolute Gasteiger partial charge is 0.340 e. The van der Waals surface area contributed by atoms with Crippen molar-refractivity contribution in [3.8, 4) is 0 Å². The van der Waals surface area contributed by atoms with Crippen molar-refractivity contribution in [2.75, 3.05) is 26.2 Å². The molecule has 1 N–H and O–H groups in total. The lowest BCUT2D eigenvalue weighted by Crippen LogP contribution is -2.53. The van der Waals surface area contributed by atoms with Crippen LogP contribution in [0.3, 0.4) is 0 Å². The lowest BCUT2D eigenvalue weighted by molar-refractivity contribution is -0.134. The Kier molecular flexibility index (Phi) is 4.09. The molecule has 1 amide bonds. The molecule has 5 fully saturated rings. The Hall–Kier alpha value is -0.610. The standard InChI is InChI=1S/C20H33N3O/c24-20(13-15-10-17-3-4-18(11-15)21-17)23-7-5-22(6-8-23)19-12-14-1-2-16(19)9-14/h14-19,21H,1-13H2. The van der Waals surface area contributed by atoms with E-state index in [-0.39, 0.29) is 0 Å². The number of hydrogen-bond donors (Lipinski definition) is 1. The zero-order valence-electron chi connectivity index (χ0n) is 15.0. The highest BCUT2D eigenvalue weighted by molar-refractivity contribution is 5.76. The fourth-order valence-corrected chi connectivity index (χ4v) is 6.68. The maximum absolute atomic E-state index is 12.7. The van der Waals surface area contributed by atoms with E-state index < -0.39 is 0 Å². The van der Waals surface area contributed by atoms with Gasteiger partial charge in [0, 0.05) is 50.7 Å². The summed E-state index contributed by atoms with van der Waals surface area (Å²) in [5, 5.41) is 3.69. The number of amides is 1. The Balaban J connectivity index is 1.11. The second-order valence-electron chi connectivity index (χ2n) is 9.34. The molecule has 5 atom stereocenters. The fourth-order valence-electron chi connectivity index (χ4n) is 6.68. The van der Waals surface area contributed by atoms with Gasteiger partial charge in [-0.15, -0.1) is 0 Å². The van der Waals surface area contributed by atoms with Crippen molar-refractivity contribution in [1.82, 2.24) is 15.1 Å². The van der Waals surface area contributed by atoms with E-state index in [0.717, 1.165) is 50.5 Å². The SMILES string of the molecule is O=C(CC1CC2CCC(C1)N2)N1CCN(C2CC3CCC2C3)CC1. The minimum absolute atomic E-state index is 0.439. The highest BCUT2D eigenvalue weighted by Crippen LogP contribution is 2.46. The molecule has 2 aliphatic carbocycles. The molecular weight excluding hydrogens is 298 g/mol. The molecule has 4 nitrogen and oxygen atoms in total. The molecular formula is C20H33N3O. The zero-order valence-corrected chi connectivity index (χ0v) is 15.0. The van der Waals surface area contributed by atoms with E-state index in [1.165, 1.54) is 51.4 Å². The Morgan fingerprint density at radius 1 is 0.875 bits per heavy atom. The summed E-state index contributed by atoms with van der Waals surface area (Å²) in [6.07, 6.45) is 11.8. The fraction of sp³-hybridized carbons (Fsp3) is 0.950. The molecule has 4 heteroatoms. The third kappa shape index (κ3) is 2.90. The maximum Gasteiger partial charge on any atom is 0.222 e. The number of rotatable bonds is 3. The Labute approximate surface area is 146 Å². The van der Waals surface area contributed by atoms with E-state index in [9.17, 15) is 4.79 Å². The van der Waals surface area contributed by atoms with Crippen molar-refractivity contribution in [2.24, 2.45) is 17.8 Å². The van der Waals surface area contributed by atoms with E-state index in [0.29, 0.717) is 23.9 Å². The number of piperazine rings is 1. The number of nitrogens with one attached hydrogen (secondary N) is 1. The van der Waals surface area contributed by atoms with Crippen molar-refractivity contribution in [1.29, 1.82) is 0 Å². The van der Waals surface area contributed by atoms with Gasteiger partial charge in [-0.05, 0) is 62.7 Å².